The molecule has 0 radical (unpaired) electrons. The van der Waals surface area contributed by atoms with Crippen molar-refractivity contribution in [2.45, 2.75) is 51.5 Å². The Bertz CT molecular complexity index is 237. The van der Waals surface area contributed by atoms with E-state index >= 15 is 0 Å². The molecule has 0 saturated carbocycles. The fourth-order valence-corrected chi connectivity index (χ4v) is 2.06. The summed E-state index contributed by atoms with van der Waals surface area (Å²) in [5, 5.41) is 29.2. The topological polar surface area (TPSA) is 82.4 Å². The summed E-state index contributed by atoms with van der Waals surface area (Å²) in [6, 6.07) is 0. The van der Waals surface area contributed by atoms with E-state index in [2.05, 4.69) is 18.7 Å². The average molecular weight is 263 g/mol. The van der Waals surface area contributed by atoms with Gasteiger partial charge in [-0.1, -0.05) is 13.8 Å². The van der Waals surface area contributed by atoms with Crippen molar-refractivity contribution in [2.24, 2.45) is 0 Å². The zero-order valence-corrected chi connectivity index (χ0v) is 11.3. The van der Waals surface area contributed by atoms with Crippen LogP contribution in [0.25, 0.3) is 0 Å². The molecular formula is C12H25NO5. The monoisotopic (exact) mass is 263 g/mol. The van der Waals surface area contributed by atoms with Gasteiger partial charge in [-0.2, -0.15) is 0 Å². The molecule has 18 heavy (non-hydrogen) atoms. The number of aliphatic hydroxyl groups is 3. The standard InChI is InChI=1S/C12H25NO5/c1-4-13(5-2)6-7-17-11-10(15)9(14)8(3)18-12(11)16/h8-12,14-16H,4-7H2,1-3H3. The Hall–Kier alpha value is -0.240. The van der Waals surface area contributed by atoms with Crippen LogP contribution in [-0.4, -0.2) is 77.2 Å². The van der Waals surface area contributed by atoms with E-state index in [0.29, 0.717) is 13.2 Å². The van der Waals surface area contributed by atoms with Crippen LogP contribution in [0, 0.1) is 0 Å². The summed E-state index contributed by atoms with van der Waals surface area (Å²) < 4.78 is 10.5. The summed E-state index contributed by atoms with van der Waals surface area (Å²) in [7, 11) is 0. The highest BCUT2D eigenvalue weighted by atomic mass is 16.7. The first kappa shape index (κ1) is 15.8. The van der Waals surface area contributed by atoms with Crippen LogP contribution in [0.5, 0.6) is 0 Å². The van der Waals surface area contributed by atoms with Crippen molar-refractivity contribution < 1.29 is 24.8 Å². The van der Waals surface area contributed by atoms with Crippen molar-refractivity contribution in [3.8, 4) is 0 Å². The summed E-state index contributed by atoms with van der Waals surface area (Å²) >= 11 is 0. The van der Waals surface area contributed by atoms with Crippen LogP contribution in [0.15, 0.2) is 0 Å². The molecule has 1 saturated heterocycles. The Labute approximate surface area is 108 Å². The minimum atomic E-state index is -1.20. The van der Waals surface area contributed by atoms with Gasteiger partial charge in [0.1, 0.15) is 18.3 Å². The van der Waals surface area contributed by atoms with Crippen LogP contribution in [0.4, 0.5) is 0 Å². The summed E-state index contributed by atoms with van der Waals surface area (Å²) in [5.41, 5.74) is 0. The summed E-state index contributed by atoms with van der Waals surface area (Å²) in [6.45, 7) is 8.66. The largest absolute Gasteiger partial charge is 0.388 e. The number of rotatable bonds is 6. The quantitative estimate of drug-likeness (QED) is 0.580. The lowest BCUT2D eigenvalue weighted by atomic mass is 10.00. The number of hydrogen-bond acceptors (Lipinski definition) is 6. The van der Waals surface area contributed by atoms with Gasteiger partial charge in [-0.05, 0) is 20.0 Å². The first-order valence-electron chi connectivity index (χ1n) is 6.54. The van der Waals surface area contributed by atoms with Crippen molar-refractivity contribution in [3.05, 3.63) is 0 Å². The second-order valence-corrected chi connectivity index (χ2v) is 4.58. The Morgan fingerprint density at radius 3 is 2.28 bits per heavy atom. The van der Waals surface area contributed by atoms with Gasteiger partial charge < -0.3 is 29.7 Å². The second-order valence-electron chi connectivity index (χ2n) is 4.58. The molecule has 0 bridgehead atoms. The van der Waals surface area contributed by atoms with Crippen LogP contribution in [-0.2, 0) is 9.47 Å². The molecule has 0 aromatic heterocycles. The van der Waals surface area contributed by atoms with Crippen LogP contribution < -0.4 is 0 Å². The van der Waals surface area contributed by atoms with Crippen LogP contribution in [0.1, 0.15) is 20.8 Å². The molecule has 0 aromatic carbocycles. The van der Waals surface area contributed by atoms with Gasteiger partial charge in [0.25, 0.3) is 0 Å². The van der Waals surface area contributed by atoms with Gasteiger partial charge in [-0.25, -0.2) is 0 Å². The summed E-state index contributed by atoms with van der Waals surface area (Å²) in [4.78, 5) is 2.17. The Morgan fingerprint density at radius 1 is 1.11 bits per heavy atom. The number of aliphatic hydroxyl groups excluding tert-OH is 3. The zero-order chi connectivity index (χ0) is 13.7. The lowest BCUT2D eigenvalue weighted by Gasteiger charge is -2.39. The fraction of sp³-hybridized carbons (Fsp3) is 1.00. The van der Waals surface area contributed by atoms with Gasteiger partial charge in [0.15, 0.2) is 6.29 Å². The van der Waals surface area contributed by atoms with E-state index in [9.17, 15) is 15.3 Å². The molecule has 0 aliphatic carbocycles. The van der Waals surface area contributed by atoms with E-state index in [4.69, 9.17) is 9.47 Å². The lowest BCUT2D eigenvalue weighted by Crippen LogP contribution is -2.57. The Kier molecular flexibility index (Phi) is 6.48. The van der Waals surface area contributed by atoms with Crippen LogP contribution in [0.2, 0.25) is 0 Å². The second kappa shape index (κ2) is 7.37. The Balaban J connectivity index is 2.40. The number of nitrogens with zero attached hydrogens (tertiary/aromatic N) is 1. The highest BCUT2D eigenvalue weighted by molar-refractivity contribution is 4.87. The van der Waals surface area contributed by atoms with Gasteiger partial charge in [0.2, 0.25) is 0 Å². The van der Waals surface area contributed by atoms with Gasteiger partial charge in [-0.3, -0.25) is 0 Å². The molecule has 1 aliphatic heterocycles. The molecule has 1 heterocycles. The molecule has 6 heteroatoms. The average Bonchev–Trinajstić information content (AvgIpc) is 2.35. The SMILES string of the molecule is CCN(CC)CCOC1C(O)OC(C)C(O)C1O. The van der Waals surface area contributed by atoms with Gasteiger partial charge in [0, 0.05) is 6.54 Å². The minimum absolute atomic E-state index is 0.380. The van der Waals surface area contributed by atoms with E-state index < -0.39 is 30.7 Å². The molecule has 0 amide bonds. The zero-order valence-electron chi connectivity index (χ0n) is 11.3. The summed E-state index contributed by atoms with van der Waals surface area (Å²) in [5.74, 6) is 0. The maximum Gasteiger partial charge on any atom is 0.184 e. The molecule has 1 rings (SSSR count). The molecule has 1 aliphatic rings. The molecular weight excluding hydrogens is 238 g/mol. The van der Waals surface area contributed by atoms with E-state index in [-0.39, 0.29) is 0 Å². The molecule has 0 spiro atoms. The van der Waals surface area contributed by atoms with Crippen molar-refractivity contribution in [1.82, 2.24) is 4.90 Å². The first-order valence-corrected chi connectivity index (χ1v) is 6.54. The Morgan fingerprint density at radius 2 is 1.72 bits per heavy atom. The molecule has 108 valence electrons. The van der Waals surface area contributed by atoms with Crippen LogP contribution >= 0.6 is 0 Å². The predicted octanol–water partition coefficient (Wildman–Crippen LogP) is -0.828. The summed E-state index contributed by atoms with van der Waals surface area (Å²) in [6.07, 6.45) is -4.85. The fourth-order valence-electron chi connectivity index (χ4n) is 2.06. The number of likely N-dealkylation sites (N-methyl/N-ethyl adjacent to an activating group) is 1. The van der Waals surface area contributed by atoms with Crippen molar-refractivity contribution in [2.75, 3.05) is 26.2 Å². The normalized spacial score (nSPS) is 37.2. The van der Waals surface area contributed by atoms with E-state index in [1.165, 1.54) is 0 Å². The molecule has 5 unspecified atom stereocenters. The van der Waals surface area contributed by atoms with Crippen molar-refractivity contribution >= 4 is 0 Å². The third-order valence-corrected chi connectivity index (χ3v) is 3.41. The number of ether oxygens (including phenoxy) is 2. The highest BCUT2D eigenvalue weighted by Crippen LogP contribution is 2.21. The molecule has 3 N–H and O–H groups in total. The van der Waals surface area contributed by atoms with Crippen LogP contribution in [0.3, 0.4) is 0 Å². The third-order valence-electron chi connectivity index (χ3n) is 3.41. The predicted molar refractivity (Wildman–Crippen MR) is 66.1 cm³/mol. The minimum Gasteiger partial charge on any atom is -0.388 e. The third kappa shape index (κ3) is 3.88. The van der Waals surface area contributed by atoms with E-state index in [0.717, 1.165) is 13.1 Å². The maximum atomic E-state index is 9.83. The van der Waals surface area contributed by atoms with Crippen molar-refractivity contribution in [1.29, 1.82) is 0 Å². The number of hydrogen-bond donors (Lipinski definition) is 3. The molecule has 6 nitrogen and oxygen atoms in total. The lowest BCUT2D eigenvalue weighted by molar-refractivity contribution is -0.288. The van der Waals surface area contributed by atoms with Gasteiger partial charge >= 0.3 is 0 Å². The molecule has 5 atom stereocenters. The van der Waals surface area contributed by atoms with Crippen molar-refractivity contribution in [3.63, 3.8) is 0 Å². The highest BCUT2D eigenvalue weighted by Gasteiger charge is 2.42. The van der Waals surface area contributed by atoms with E-state index in [1.54, 1.807) is 6.92 Å². The molecule has 0 aromatic rings. The smallest absolute Gasteiger partial charge is 0.184 e. The molecule has 1 fully saturated rings. The van der Waals surface area contributed by atoms with Gasteiger partial charge in [-0.15, -0.1) is 0 Å². The van der Waals surface area contributed by atoms with E-state index in [1.807, 2.05) is 0 Å². The first-order chi connectivity index (χ1) is 8.51. The maximum absolute atomic E-state index is 9.83. The van der Waals surface area contributed by atoms with Gasteiger partial charge in [0.05, 0.1) is 12.7 Å².